The van der Waals surface area contributed by atoms with Crippen LogP contribution in [0.5, 0.6) is 11.5 Å². The standard InChI is InChI=1S/C37H40N4O12.C9H6N2O2.C3H8O3.CH4/c1-23-8-11-28(16-31(23)39-22-42)40-36(45)51-19-30(48-5)20-52-37(46)41-32-12-26(9-6-24(32)2)14-34(43)49-17-29(47-4)18-50-35(44)15-27-10-7-25(3)33(13-27)53-21-38;1-7-2-3-8(11-6-12)4-9(7)13-5-10;4-1-3(6)2-5;/h6-13,16,29-30H,14-15,17-20H2,1-5H3,(H,40,45)(H,41,46);2-4H,1H3;3-6H,1-2H2;1H4. The molecule has 0 aliphatic carbocycles. The summed E-state index contributed by atoms with van der Waals surface area (Å²) in [6.45, 7) is 5.52. The number of hydrogen-bond donors (Lipinski definition) is 5. The Labute approximate surface area is 421 Å². The number of methoxy groups -OCH3 is 2. The molecule has 0 aliphatic heterocycles. The van der Waals surface area contributed by atoms with Gasteiger partial charge in [0.2, 0.25) is 12.2 Å². The Bertz CT molecular complexity index is 2620. The number of carbonyl (C=O) groups excluding carboxylic acids is 6. The fourth-order valence-corrected chi connectivity index (χ4v) is 5.42. The maximum Gasteiger partial charge on any atom is 0.411 e. The lowest BCUT2D eigenvalue weighted by Gasteiger charge is -2.17. The molecule has 0 saturated heterocycles. The van der Waals surface area contributed by atoms with Crippen LogP contribution in [0, 0.1) is 50.7 Å². The number of aliphatic imine (C=N–C) groups is 2. The maximum atomic E-state index is 12.6. The molecule has 0 saturated carbocycles. The normalized spacial score (nSPS) is 10.6. The summed E-state index contributed by atoms with van der Waals surface area (Å²) >= 11 is 0. The van der Waals surface area contributed by atoms with Crippen molar-refractivity contribution in [3.05, 3.63) is 106 Å². The number of isocyanates is 2. The molecule has 0 heterocycles. The predicted molar refractivity (Wildman–Crippen MR) is 261 cm³/mol. The number of rotatable bonds is 22. The fourth-order valence-electron chi connectivity index (χ4n) is 5.42. The van der Waals surface area contributed by atoms with Crippen molar-refractivity contribution in [2.24, 2.45) is 9.98 Å². The van der Waals surface area contributed by atoms with Crippen molar-refractivity contribution in [1.29, 1.82) is 10.5 Å². The molecule has 0 aromatic heterocycles. The smallest absolute Gasteiger partial charge is 0.411 e. The van der Waals surface area contributed by atoms with Gasteiger partial charge >= 0.3 is 24.1 Å². The highest BCUT2D eigenvalue weighted by Crippen LogP contribution is 2.25. The number of aliphatic hydroxyl groups is 3. The van der Waals surface area contributed by atoms with Gasteiger partial charge in [-0.2, -0.15) is 9.98 Å². The van der Waals surface area contributed by atoms with E-state index in [1.165, 1.54) is 38.5 Å². The van der Waals surface area contributed by atoms with Crippen LogP contribution in [0.15, 0.2) is 82.8 Å². The highest BCUT2D eigenvalue weighted by molar-refractivity contribution is 5.87. The summed E-state index contributed by atoms with van der Waals surface area (Å²) in [5.41, 5.74) is 5.62. The number of aliphatic hydroxyl groups excluding tert-OH is 3. The average Bonchev–Trinajstić information content (AvgIpc) is 3.36. The molecule has 390 valence electrons. The summed E-state index contributed by atoms with van der Waals surface area (Å²) in [5.74, 6) is -0.371. The van der Waals surface area contributed by atoms with Gasteiger partial charge in [-0.3, -0.25) is 20.2 Å². The molecule has 2 atom stereocenters. The second-order valence-corrected chi connectivity index (χ2v) is 14.9. The van der Waals surface area contributed by atoms with Crippen molar-refractivity contribution in [1.82, 2.24) is 0 Å². The van der Waals surface area contributed by atoms with Crippen molar-refractivity contribution < 1.29 is 82.0 Å². The van der Waals surface area contributed by atoms with Crippen LogP contribution in [-0.2, 0) is 60.4 Å². The third-order valence-corrected chi connectivity index (χ3v) is 9.52. The van der Waals surface area contributed by atoms with Gasteiger partial charge in [0.05, 0.1) is 37.4 Å². The number of benzene rings is 4. The number of esters is 2. The van der Waals surface area contributed by atoms with Crippen molar-refractivity contribution in [3.8, 4) is 24.0 Å². The number of amides is 2. The molecule has 2 amide bonds. The Morgan fingerprint density at radius 3 is 1.56 bits per heavy atom. The third kappa shape index (κ3) is 24.3. The van der Waals surface area contributed by atoms with E-state index in [4.69, 9.17) is 59.0 Å². The lowest BCUT2D eigenvalue weighted by atomic mass is 10.1. The second-order valence-electron chi connectivity index (χ2n) is 14.9. The zero-order valence-corrected chi connectivity index (χ0v) is 40.2. The molecule has 0 aliphatic rings. The molecule has 0 fully saturated rings. The summed E-state index contributed by atoms with van der Waals surface area (Å²) in [6, 6.07) is 19.7. The van der Waals surface area contributed by atoms with Crippen LogP contribution >= 0.6 is 0 Å². The number of nitrogens with zero attached hydrogens (tertiary/aromatic N) is 4. The van der Waals surface area contributed by atoms with Gasteiger partial charge in [0, 0.05) is 31.7 Å². The van der Waals surface area contributed by atoms with E-state index in [1.54, 1.807) is 101 Å². The first kappa shape index (κ1) is 62.5. The van der Waals surface area contributed by atoms with E-state index in [9.17, 15) is 28.8 Å². The van der Waals surface area contributed by atoms with Crippen molar-refractivity contribution in [2.75, 3.05) is 64.5 Å². The van der Waals surface area contributed by atoms with Gasteiger partial charge in [-0.25, -0.2) is 19.2 Å². The molecule has 0 bridgehead atoms. The Hall–Kier alpha value is -8.50. The molecular formula is C50H58N6O17. The van der Waals surface area contributed by atoms with E-state index in [0.717, 1.165) is 16.7 Å². The Balaban J connectivity index is 0.00000111. The first-order valence-corrected chi connectivity index (χ1v) is 21.3. The van der Waals surface area contributed by atoms with Gasteiger partial charge in [0.25, 0.3) is 12.5 Å². The molecule has 23 heteroatoms. The Kier molecular flexibility index (Phi) is 29.7. The number of aryl methyl sites for hydroxylation is 4. The second kappa shape index (κ2) is 34.7. The topological polar surface area (TPSA) is 333 Å². The number of nitrogens with one attached hydrogen (secondary N) is 2. The molecule has 0 radical (unpaired) electrons. The lowest BCUT2D eigenvalue weighted by molar-refractivity contribution is -0.152. The van der Waals surface area contributed by atoms with E-state index < -0.39 is 42.4 Å². The quantitative estimate of drug-likeness (QED) is 0.0200. The van der Waals surface area contributed by atoms with E-state index in [1.807, 2.05) is 0 Å². The summed E-state index contributed by atoms with van der Waals surface area (Å²) in [7, 11) is 2.76. The minimum Gasteiger partial charge on any atom is -0.463 e. The minimum atomic E-state index is -0.954. The summed E-state index contributed by atoms with van der Waals surface area (Å²) in [4.78, 5) is 77.3. The van der Waals surface area contributed by atoms with Crippen LogP contribution in [0.4, 0.5) is 32.3 Å². The predicted octanol–water partition coefficient (Wildman–Crippen LogP) is 5.93. The van der Waals surface area contributed by atoms with E-state index in [-0.39, 0.29) is 59.9 Å². The first-order chi connectivity index (χ1) is 34.5. The molecule has 4 aromatic rings. The van der Waals surface area contributed by atoms with E-state index >= 15 is 0 Å². The molecule has 2 unspecified atom stereocenters. The van der Waals surface area contributed by atoms with Crippen molar-refractivity contribution >= 4 is 59.0 Å². The first-order valence-electron chi connectivity index (χ1n) is 21.3. The zero-order valence-electron chi connectivity index (χ0n) is 40.2. The fraction of sp³-hybridized carbons (Fsp3) is 0.360. The van der Waals surface area contributed by atoms with Crippen LogP contribution in [-0.4, -0.2) is 124 Å². The number of ether oxygens (including phenoxy) is 8. The van der Waals surface area contributed by atoms with Gasteiger partial charge in [-0.05, 0) is 91.4 Å². The largest absolute Gasteiger partial charge is 0.463 e. The van der Waals surface area contributed by atoms with E-state index in [0.29, 0.717) is 50.9 Å². The third-order valence-electron chi connectivity index (χ3n) is 9.52. The Morgan fingerprint density at radius 2 is 1.07 bits per heavy atom. The van der Waals surface area contributed by atoms with Gasteiger partial charge < -0.3 is 53.2 Å². The highest BCUT2D eigenvalue weighted by Gasteiger charge is 2.18. The van der Waals surface area contributed by atoms with Gasteiger partial charge in [0.1, 0.15) is 56.2 Å². The summed E-state index contributed by atoms with van der Waals surface area (Å²) in [6.07, 6.45) is 1.78. The number of carbonyl (C=O) groups is 4. The van der Waals surface area contributed by atoms with Crippen LogP contribution < -0.4 is 20.1 Å². The van der Waals surface area contributed by atoms with Crippen LogP contribution in [0.1, 0.15) is 40.8 Å². The Morgan fingerprint density at radius 1 is 0.603 bits per heavy atom. The molecule has 73 heavy (non-hydrogen) atoms. The van der Waals surface area contributed by atoms with Crippen molar-refractivity contribution in [2.45, 2.75) is 66.3 Å². The summed E-state index contributed by atoms with van der Waals surface area (Å²) < 4.78 is 41.1. The zero-order chi connectivity index (χ0) is 53.4. The number of anilines is 2. The van der Waals surface area contributed by atoms with Crippen LogP contribution in [0.2, 0.25) is 0 Å². The van der Waals surface area contributed by atoms with Gasteiger partial charge in [-0.1, -0.05) is 43.8 Å². The number of nitriles is 2. The van der Waals surface area contributed by atoms with Crippen LogP contribution in [0.25, 0.3) is 0 Å². The van der Waals surface area contributed by atoms with Crippen molar-refractivity contribution in [3.63, 3.8) is 0 Å². The van der Waals surface area contributed by atoms with E-state index in [2.05, 4.69) is 25.4 Å². The molecule has 4 aromatic carbocycles. The summed E-state index contributed by atoms with van der Waals surface area (Å²) in [5, 5.41) is 46.2. The lowest BCUT2D eigenvalue weighted by Crippen LogP contribution is -2.30. The molecule has 4 rings (SSSR count). The minimum absolute atomic E-state index is 0. The molecule has 23 nitrogen and oxygen atoms in total. The number of hydrogen-bond acceptors (Lipinski definition) is 21. The highest BCUT2D eigenvalue weighted by atomic mass is 16.6. The molecule has 5 N–H and O–H groups in total. The van der Waals surface area contributed by atoms with Gasteiger partial charge in [0.15, 0.2) is 0 Å². The maximum absolute atomic E-state index is 12.6. The molecule has 0 spiro atoms. The van der Waals surface area contributed by atoms with Crippen LogP contribution in [0.3, 0.4) is 0 Å². The molecular weight excluding hydrogens is 957 g/mol. The monoisotopic (exact) mass is 1010 g/mol. The van der Waals surface area contributed by atoms with Gasteiger partial charge in [-0.15, -0.1) is 10.5 Å². The SMILES string of the molecule is C.COC(COC(=O)Cc1ccc(C)c(NC(=O)OCC(COC(=O)Nc2ccc(C)c(N=C=O)c2)OC)c1)COC(=O)Cc1ccc(C)c(OC#N)c1.Cc1ccc(N=C=O)cc1OC#N.OCC(O)CO. The average molecular weight is 1020 g/mol.